The van der Waals surface area contributed by atoms with Crippen LogP contribution < -0.4 is 5.46 Å². The molecule has 1 nitrogen and oxygen atoms in total. The van der Waals surface area contributed by atoms with Crippen LogP contribution in [0.1, 0.15) is 11.1 Å². The number of aryl methyl sites for hydroxylation is 1. The standard InChI is InChI=1S/C9H8BN/c1-7-2-3-9(10)6-8(7)4-5-11/h2-3,6H,4H2,1H3. The summed E-state index contributed by atoms with van der Waals surface area (Å²) in [6, 6.07) is 7.72. The Bertz CT molecular complexity index is 299. The Morgan fingerprint density at radius 3 is 2.91 bits per heavy atom. The molecule has 52 valence electrons. The number of hydrogen-bond acceptors (Lipinski definition) is 1. The van der Waals surface area contributed by atoms with Crippen LogP contribution in [0, 0.1) is 18.3 Å². The lowest BCUT2D eigenvalue weighted by Gasteiger charge is -2.01. The van der Waals surface area contributed by atoms with Crippen molar-refractivity contribution >= 4 is 13.3 Å². The Labute approximate surface area is 68.1 Å². The van der Waals surface area contributed by atoms with Crippen LogP contribution in [0.2, 0.25) is 0 Å². The number of nitriles is 1. The summed E-state index contributed by atoms with van der Waals surface area (Å²) < 4.78 is 0. The lowest BCUT2D eigenvalue weighted by atomic mass is 9.91. The third kappa shape index (κ3) is 1.85. The Hall–Kier alpha value is -1.23. The molecule has 1 rings (SSSR count). The minimum Gasteiger partial charge on any atom is -0.198 e. The van der Waals surface area contributed by atoms with E-state index in [1.807, 2.05) is 25.1 Å². The van der Waals surface area contributed by atoms with E-state index >= 15 is 0 Å². The first-order chi connectivity index (χ1) is 5.24. The van der Waals surface area contributed by atoms with Gasteiger partial charge in [0.15, 0.2) is 0 Å². The summed E-state index contributed by atoms with van der Waals surface area (Å²) in [5.74, 6) is 0. The number of benzene rings is 1. The number of nitrogens with zero attached hydrogens (tertiary/aromatic N) is 1. The average Bonchev–Trinajstić information content (AvgIpc) is 1.98. The number of hydrogen-bond donors (Lipinski definition) is 0. The van der Waals surface area contributed by atoms with Crippen LogP contribution in [-0.4, -0.2) is 7.85 Å². The van der Waals surface area contributed by atoms with Crippen molar-refractivity contribution in [2.45, 2.75) is 13.3 Å². The maximum absolute atomic E-state index is 8.44. The summed E-state index contributed by atoms with van der Waals surface area (Å²) in [4.78, 5) is 0. The van der Waals surface area contributed by atoms with E-state index in [-0.39, 0.29) is 0 Å². The fraction of sp³-hybridized carbons (Fsp3) is 0.222. The highest BCUT2D eigenvalue weighted by Crippen LogP contribution is 2.04. The molecule has 0 fully saturated rings. The zero-order chi connectivity index (χ0) is 8.27. The third-order valence-corrected chi connectivity index (χ3v) is 1.64. The molecule has 0 bridgehead atoms. The monoisotopic (exact) mass is 141 g/mol. The van der Waals surface area contributed by atoms with E-state index in [4.69, 9.17) is 13.1 Å². The molecule has 0 saturated carbocycles. The average molecular weight is 141 g/mol. The fourth-order valence-electron chi connectivity index (χ4n) is 0.967. The molecule has 0 aromatic heterocycles. The van der Waals surface area contributed by atoms with Gasteiger partial charge in [-0.15, -0.1) is 0 Å². The van der Waals surface area contributed by atoms with Crippen molar-refractivity contribution in [3.8, 4) is 6.07 Å². The Morgan fingerprint density at radius 2 is 2.27 bits per heavy atom. The summed E-state index contributed by atoms with van der Waals surface area (Å²) in [6.45, 7) is 1.98. The molecule has 0 aliphatic carbocycles. The molecule has 0 saturated heterocycles. The van der Waals surface area contributed by atoms with Crippen molar-refractivity contribution in [3.05, 3.63) is 29.3 Å². The molecule has 1 aromatic rings. The third-order valence-electron chi connectivity index (χ3n) is 1.64. The number of rotatable bonds is 1. The van der Waals surface area contributed by atoms with Crippen LogP contribution in [0.5, 0.6) is 0 Å². The first-order valence-corrected chi connectivity index (χ1v) is 3.46. The van der Waals surface area contributed by atoms with Gasteiger partial charge in [-0.1, -0.05) is 23.7 Å². The van der Waals surface area contributed by atoms with Crippen molar-refractivity contribution in [1.29, 1.82) is 5.26 Å². The maximum Gasteiger partial charge on any atom is 0.113 e. The molecule has 0 atom stereocenters. The van der Waals surface area contributed by atoms with Gasteiger partial charge >= 0.3 is 0 Å². The predicted molar refractivity (Wildman–Crippen MR) is 45.9 cm³/mol. The highest BCUT2D eigenvalue weighted by atomic mass is 14.2. The molecule has 0 N–H and O–H groups in total. The normalized spacial score (nSPS) is 9.09. The Kier molecular flexibility index (Phi) is 2.33. The minimum atomic E-state index is 0.441. The van der Waals surface area contributed by atoms with Gasteiger partial charge in [-0.2, -0.15) is 5.26 Å². The van der Waals surface area contributed by atoms with Crippen molar-refractivity contribution < 1.29 is 0 Å². The van der Waals surface area contributed by atoms with Crippen LogP contribution in [-0.2, 0) is 6.42 Å². The van der Waals surface area contributed by atoms with Gasteiger partial charge in [0.25, 0.3) is 0 Å². The van der Waals surface area contributed by atoms with Crippen LogP contribution in [0.25, 0.3) is 0 Å². The zero-order valence-corrected chi connectivity index (χ0v) is 6.46. The second-order valence-electron chi connectivity index (χ2n) is 2.52. The van der Waals surface area contributed by atoms with Crippen LogP contribution >= 0.6 is 0 Å². The summed E-state index contributed by atoms with van der Waals surface area (Å²) in [5, 5.41) is 8.44. The molecule has 2 radical (unpaired) electrons. The van der Waals surface area contributed by atoms with Gasteiger partial charge in [-0.05, 0) is 18.1 Å². The molecule has 1 aromatic carbocycles. The first-order valence-electron chi connectivity index (χ1n) is 3.46. The summed E-state index contributed by atoms with van der Waals surface area (Å²) in [5.41, 5.74) is 2.87. The van der Waals surface area contributed by atoms with Gasteiger partial charge in [-0.25, -0.2) is 0 Å². The molecule has 0 heterocycles. The van der Waals surface area contributed by atoms with Gasteiger partial charge in [0, 0.05) is 0 Å². The quantitative estimate of drug-likeness (QED) is 0.532. The molecule has 0 unspecified atom stereocenters. The second-order valence-corrected chi connectivity index (χ2v) is 2.52. The van der Waals surface area contributed by atoms with Crippen molar-refractivity contribution in [1.82, 2.24) is 0 Å². The summed E-state index contributed by atoms with van der Waals surface area (Å²) in [6.07, 6.45) is 0.441. The molecular formula is C9H8BN. The largest absolute Gasteiger partial charge is 0.198 e. The molecule has 0 aliphatic heterocycles. The van der Waals surface area contributed by atoms with E-state index in [9.17, 15) is 0 Å². The smallest absolute Gasteiger partial charge is 0.113 e. The molecule has 0 aliphatic rings. The van der Waals surface area contributed by atoms with Crippen LogP contribution in [0.15, 0.2) is 18.2 Å². The Morgan fingerprint density at radius 1 is 1.55 bits per heavy atom. The van der Waals surface area contributed by atoms with Gasteiger partial charge in [0.05, 0.1) is 12.5 Å². The van der Waals surface area contributed by atoms with Gasteiger partial charge in [-0.3, -0.25) is 0 Å². The van der Waals surface area contributed by atoms with E-state index in [0.717, 1.165) is 16.6 Å². The van der Waals surface area contributed by atoms with Crippen molar-refractivity contribution in [2.24, 2.45) is 0 Å². The highest BCUT2D eigenvalue weighted by molar-refractivity contribution is 6.32. The summed E-state index contributed by atoms with van der Waals surface area (Å²) >= 11 is 0. The lowest BCUT2D eigenvalue weighted by Crippen LogP contribution is -2.03. The molecule has 0 spiro atoms. The maximum atomic E-state index is 8.44. The summed E-state index contributed by atoms with van der Waals surface area (Å²) in [7, 11) is 5.55. The van der Waals surface area contributed by atoms with Crippen molar-refractivity contribution in [3.63, 3.8) is 0 Å². The highest BCUT2D eigenvalue weighted by Gasteiger charge is 1.95. The van der Waals surface area contributed by atoms with Gasteiger partial charge in [0.1, 0.15) is 7.85 Å². The van der Waals surface area contributed by atoms with Gasteiger partial charge < -0.3 is 0 Å². The first kappa shape index (κ1) is 7.88. The molecule has 2 heteroatoms. The van der Waals surface area contributed by atoms with Gasteiger partial charge in [0.2, 0.25) is 0 Å². The van der Waals surface area contributed by atoms with E-state index in [0.29, 0.717) is 6.42 Å². The fourth-order valence-corrected chi connectivity index (χ4v) is 0.967. The Balaban J connectivity index is 3.05. The SMILES string of the molecule is [B]c1ccc(C)c(CC#N)c1. The second kappa shape index (κ2) is 3.25. The van der Waals surface area contributed by atoms with Crippen molar-refractivity contribution in [2.75, 3.05) is 0 Å². The molecule has 0 amide bonds. The van der Waals surface area contributed by atoms with E-state index in [2.05, 4.69) is 6.07 Å². The predicted octanol–water partition coefficient (Wildman–Crippen LogP) is 0.855. The lowest BCUT2D eigenvalue weighted by molar-refractivity contribution is 1.22. The van der Waals surface area contributed by atoms with Crippen LogP contribution in [0.3, 0.4) is 0 Å². The topological polar surface area (TPSA) is 23.8 Å². The zero-order valence-electron chi connectivity index (χ0n) is 6.46. The van der Waals surface area contributed by atoms with E-state index in [1.54, 1.807) is 0 Å². The van der Waals surface area contributed by atoms with E-state index < -0.39 is 0 Å². The van der Waals surface area contributed by atoms with E-state index in [1.165, 1.54) is 0 Å². The molecular weight excluding hydrogens is 133 g/mol. The molecule has 11 heavy (non-hydrogen) atoms. The minimum absolute atomic E-state index is 0.441. The van der Waals surface area contributed by atoms with Crippen LogP contribution in [0.4, 0.5) is 0 Å².